The van der Waals surface area contributed by atoms with E-state index in [0.717, 1.165) is 24.5 Å². The van der Waals surface area contributed by atoms with Crippen molar-refractivity contribution in [3.63, 3.8) is 0 Å². The Bertz CT molecular complexity index is 1100. The minimum absolute atomic E-state index is 0.0944. The number of hydrogen-bond acceptors (Lipinski definition) is 5. The summed E-state index contributed by atoms with van der Waals surface area (Å²) in [6, 6.07) is 15.9. The van der Waals surface area contributed by atoms with Crippen molar-refractivity contribution >= 4 is 59.9 Å². The number of phenolic OH excluding ortho intramolecular Hbond substituents is 1. The third kappa shape index (κ3) is 6.32. The molecule has 0 heterocycles. The molecule has 160 valence electrons. The van der Waals surface area contributed by atoms with Crippen LogP contribution < -0.4 is 14.9 Å². The Balaban J connectivity index is 1.64. The predicted octanol–water partition coefficient (Wildman–Crippen LogP) is 6.03. The number of ether oxygens (including phenoxy) is 2. The lowest BCUT2D eigenvalue weighted by Gasteiger charge is -2.11. The van der Waals surface area contributed by atoms with Gasteiger partial charge in [0.1, 0.15) is 23.9 Å². The maximum atomic E-state index is 12.2. The average molecular weight is 613 g/mol. The van der Waals surface area contributed by atoms with Crippen LogP contribution in [0.3, 0.4) is 0 Å². The summed E-state index contributed by atoms with van der Waals surface area (Å²) in [5.41, 5.74) is 4.26. The average Bonchev–Trinajstić information content (AvgIpc) is 2.74. The molecule has 0 fully saturated rings. The van der Waals surface area contributed by atoms with E-state index in [-0.39, 0.29) is 11.3 Å². The Hall–Kier alpha value is -2.36. The van der Waals surface area contributed by atoms with Gasteiger partial charge in [0.15, 0.2) is 0 Å². The molecular formula is C22H17Br3N2O4. The number of nitrogens with one attached hydrogen (secondary N) is 1. The smallest absolute Gasteiger partial charge is 0.275 e. The number of aromatic hydroxyl groups is 1. The molecule has 0 radical (unpaired) electrons. The van der Waals surface area contributed by atoms with Gasteiger partial charge in [-0.2, -0.15) is 5.10 Å². The van der Waals surface area contributed by atoms with Crippen molar-refractivity contribution in [1.29, 1.82) is 0 Å². The van der Waals surface area contributed by atoms with Crippen molar-refractivity contribution in [2.45, 2.75) is 6.61 Å². The van der Waals surface area contributed by atoms with E-state index in [4.69, 9.17) is 9.47 Å². The number of hydrazone groups is 1. The van der Waals surface area contributed by atoms with Crippen LogP contribution in [0.2, 0.25) is 0 Å². The van der Waals surface area contributed by atoms with E-state index in [0.29, 0.717) is 18.1 Å². The van der Waals surface area contributed by atoms with Gasteiger partial charge >= 0.3 is 0 Å². The molecule has 0 aliphatic heterocycles. The first kappa shape index (κ1) is 23.3. The number of phenols is 1. The molecule has 6 nitrogen and oxygen atoms in total. The minimum atomic E-state index is -0.538. The molecule has 0 bridgehead atoms. The first-order valence-electron chi connectivity index (χ1n) is 8.94. The molecule has 0 unspecified atom stereocenters. The minimum Gasteiger partial charge on any atom is -0.507 e. The van der Waals surface area contributed by atoms with Crippen molar-refractivity contribution in [2.24, 2.45) is 5.10 Å². The molecule has 3 aromatic carbocycles. The third-order valence-electron chi connectivity index (χ3n) is 4.15. The second-order valence-corrected chi connectivity index (χ2v) is 8.94. The highest BCUT2D eigenvalue weighted by Crippen LogP contribution is 2.35. The molecular weight excluding hydrogens is 596 g/mol. The lowest BCUT2D eigenvalue weighted by molar-refractivity contribution is 0.0952. The lowest BCUT2D eigenvalue weighted by Crippen LogP contribution is -2.17. The molecule has 2 N–H and O–H groups in total. The van der Waals surface area contributed by atoms with Crippen LogP contribution in [0.1, 0.15) is 21.5 Å². The zero-order chi connectivity index (χ0) is 22.4. The van der Waals surface area contributed by atoms with Crippen molar-refractivity contribution in [3.8, 4) is 17.2 Å². The second-order valence-electron chi connectivity index (χ2n) is 6.31. The second kappa shape index (κ2) is 10.8. The van der Waals surface area contributed by atoms with Gasteiger partial charge in [-0.15, -0.1) is 0 Å². The molecule has 9 heteroatoms. The molecule has 0 spiro atoms. The van der Waals surface area contributed by atoms with Crippen LogP contribution in [0.4, 0.5) is 0 Å². The van der Waals surface area contributed by atoms with E-state index in [1.54, 1.807) is 6.07 Å². The third-order valence-corrected chi connectivity index (χ3v) is 5.85. The number of halogens is 3. The van der Waals surface area contributed by atoms with Gasteiger partial charge in [0.05, 0.1) is 27.8 Å². The van der Waals surface area contributed by atoms with E-state index in [1.807, 2.05) is 36.4 Å². The number of methoxy groups -OCH3 is 1. The van der Waals surface area contributed by atoms with Gasteiger partial charge in [-0.25, -0.2) is 5.43 Å². The molecule has 1 amide bonds. The van der Waals surface area contributed by atoms with E-state index in [2.05, 4.69) is 58.3 Å². The highest BCUT2D eigenvalue weighted by atomic mass is 79.9. The summed E-state index contributed by atoms with van der Waals surface area (Å²) in [5.74, 6) is 0.385. The molecule has 0 saturated heterocycles. The topological polar surface area (TPSA) is 80.2 Å². The van der Waals surface area contributed by atoms with Gasteiger partial charge < -0.3 is 14.6 Å². The van der Waals surface area contributed by atoms with E-state index in [9.17, 15) is 9.90 Å². The van der Waals surface area contributed by atoms with Crippen LogP contribution in [0, 0.1) is 0 Å². The van der Waals surface area contributed by atoms with E-state index in [1.165, 1.54) is 25.5 Å². The van der Waals surface area contributed by atoms with Crippen molar-refractivity contribution in [3.05, 3.63) is 84.7 Å². The molecule has 0 saturated carbocycles. The first-order valence-corrected chi connectivity index (χ1v) is 11.3. The van der Waals surface area contributed by atoms with Crippen LogP contribution in [0.15, 0.2) is 73.1 Å². The summed E-state index contributed by atoms with van der Waals surface area (Å²) in [7, 11) is 1.48. The van der Waals surface area contributed by atoms with Crippen LogP contribution in [-0.4, -0.2) is 24.3 Å². The number of hydrogen-bond donors (Lipinski definition) is 2. The van der Waals surface area contributed by atoms with Gasteiger partial charge in [-0.3, -0.25) is 4.79 Å². The summed E-state index contributed by atoms with van der Waals surface area (Å²) in [6.45, 7) is 0.416. The zero-order valence-corrected chi connectivity index (χ0v) is 21.0. The Labute approximate surface area is 204 Å². The number of amides is 1. The lowest BCUT2D eigenvalue weighted by atomic mass is 10.2. The molecule has 3 aromatic rings. The summed E-state index contributed by atoms with van der Waals surface area (Å²) in [6.07, 6.45) is 1.49. The fourth-order valence-corrected chi connectivity index (χ4v) is 4.30. The maximum absolute atomic E-state index is 12.2. The Morgan fingerprint density at radius 3 is 2.35 bits per heavy atom. The van der Waals surface area contributed by atoms with Crippen molar-refractivity contribution in [2.75, 3.05) is 7.11 Å². The summed E-state index contributed by atoms with van der Waals surface area (Å²) in [4.78, 5) is 12.2. The number of rotatable bonds is 7. The quantitative estimate of drug-likeness (QED) is 0.252. The summed E-state index contributed by atoms with van der Waals surface area (Å²) < 4.78 is 13.4. The van der Waals surface area contributed by atoms with Gasteiger partial charge in [0.25, 0.3) is 5.91 Å². The first-order chi connectivity index (χ1) is 14.9. The monoisotopic (exact) mass is 610 g/mol. The van der Waals surface area contributed by atoms with Crippen molar-refractivity contribution in [1.82, 2.24) is 5.43 Å². The van der Waals surface area contributed by atoms with Gasteiger partial charge in [-0.05, 0) is 79.4 Å². The highest BCUT2D eigenvalue weighted by Gasteiger charge is 2.12. The number of carbonyl (C=O) groups excluding carboxylic acids is 1. The predicted molar refractivity (Wildman–Crippen MR) is 130 cm³/mol. The van der Waals surface area contributed by atoms with Gasteiger partial charge in [0, 0.05) is 10.5 Å². The van der Waals surface area contributed by atoms with Crippen LogP contribution in [0.25, 0.3) is 0 Å². The SMILES string of the molecule is COc1ccc(C(=O)N/N=C\c2cc(Br)c(OCc3ccc(Br)cc3)c(Br)c2)c(O)c1. The summed E-state index contributed by atoms with van der Waals surface area (Å²) >= 11 is 10.4. The van der Waals surface area contributed by atoms with Crippen LogP contribution >= 0.6 is 47.8 Å². The molecule has 0 aliphatic rings. The molecule has 0 aliphatic carbocycles. The summed E-state index contributed by atoms with van der Waals surface area (Å²) in [5, 5.41) is 13.9. The van der Waals surface area contributed by atoms with Gasteiger partial charge in [-0.1, -0.05) is 28.1 Å². The number of nitrogens with zero attached hydrogens (tertiary/aromatic N) is 1. The standard InChI is InChI=1S/C22H17Br3N2O4/c1-30-16-6-7-17(20(28)10-16)22(29)27-26-11-14-8-18(24)21(19(25)9-14)31-12-13-2-4-15(23)5-3-13/h2-11,28H,12H2,1H3,(H,27,29)/b26-11-. The van der Waals surface area contributed by atoms with Crippen LogP contribution in [-0.2, 0) is 6.61 Å². The fraction of sp³-hybridized carbons (Fsp3) is 0.0909. The molecule has 31 heavy (non-hydrogen) atoms. The number of benzene rings is 3. The highest BCUT2D eigenvalue weighted by molar-refractivity contribution is 9.11. The van der Waals surface area contributed by atoms with Crippen molar-refractivity contribution < 1.29 is 19.4 Å². The Morgan fingerprint density at radius 1 is 1.06 bits per heavy atom. The number of carbonyl (C=O) groups is 1. The fourth-order valence-electron chi connectivity index (χ4n) is 2.58. The normalized spacial score (nSPS) is 10.8. The largest absolute Gasteiger partial charge is 0.507 e. The van der Waals surface area contributed by atoms with E-state index < -0.39 is 5.91 Å². The molecule has 0 atom stereocenters. The molecule has 3 rings (SSSR count). The van der Waals surface area contributed by atoms with Gasteiger partial charge in [0.2, 0.25) is 0 Å². The van der Waals surface area contributed by atoms with E-state index >= 15 is 0 Å². The maximum Gasteiger partial charge on any atom is 0.275 e. The Morgan fingerprint density at radius 2 is 1.74 bits per heavy atom. The Kier molecular flexibility index (Phi) is 8.11. The zero-order valence-electron chi connectivity index (χ0n) is 16.2. The van der Waals surface area contributed by atoms with Crippen LogP contribution in [0.5, 0.6) is 17.2 Å². The molecule has 0 aromatic heterocycles.